The van der Waals surface area contributed by atoms with Gasteiger partial charge in [-0.05, 0) is 25.0 Å². The van der Waals surface area contributed by atoms with Crippen molar-refractivity contribution in [3.8, 4) is 5.88 Å². The van der Waals surface area contributed by atoms with Crippen LogP contribution in [-0.2, 0) is 9.53 Å². The number of ether oxygens (including phenoxy) is 2. The van der Waals surface area contributed by atoms with Gasteiger partial charge in [0.15, 0.2) is 0 Å². The van der Waals surface area contributed by atoms with Crippen LogP contribution in [0.2, 0.25) is 0 Å². The molecule has 0 saturated heterocycles. The molecule has 98 valence electrons. The summed E-state index contributed by atoms with van der Waals surface area (Å²) >= 11 is 0. The first-order chi connectivity index (χ1) is 8.67. The van der Waals surface area contributed by atoms with Crippen LogP contribution in [0, 0.1) is 6.92 Å². The fourth-order valence-corrected chi connectivity index (χ4v) is 2.04. The molecule has 0 N–H and O–H groups in total. The minimum absolute atomic E-state index is 0.0306. The highest BCUT2D eigenvalue weighted by atomic mass is 16.5. The molecule has 0 fully saturated rings. The van der Waals surface area contributed by atoms with Crippen molar-refractivity contribution in [1.29, 1.82) is 0 Å². The quantitative estimate of drug-likeness (QED) is 0.816. The summed E-state index contributed by atoms with van der Waals surface area (Å²) in [7, 11) is 1.56. The van der Waals surface area contributed by atoms with Crippen molar-refractivity contribution in [3.05, 3.63) is 17.8 Å². The van der Waals surface area contributed by atoms with Gasteiger partial charge < -0.3 is 14.4 Å². The number of anilines is 1. The lowest BCUT2D eigenvalue weighted by atomic mass is 10.2. The number of nitrogens with zero attached hydrogens (tertiary/aromatic N) is 2. The average molecular weight is 250 g/mol. The van der Waals surface area contributed by atoms with Crippen LogP contribution in [-0.4, -0.2) is 37.3 Å². The van der Waals surface area contributed by atoms with Crippen LogP contribution >= 0.6 is 0 Å². The zero-order valence-electron chi connectivity index (χ0n) is 11.0. The first-order valence-electron chi connectivity index (χ1n) is 6.11. The standard InChI is InChI=1S/C13H18N2O3/c1-4-11(17-3)13(16)15-5-6-18-12-10(15)7-9(2)8-14-12/h7-8,11H,4-6H2,1-3H3. The van der Waals surface area contributed by atoms with Gasteiger partial charge in [-0.25, -0.2) is 4.98 Å². The van der Waals surface area contributed by atoms with Crippen LogP contribution in [0.4, 0.5) is 5.69 Å². The lowest BCUT2D eigenvalue weighted by Gasteiger charge is -2.31. The highest BCUT2D eigenvalue weighted by molar-refractivity contribution is 5.98. The Labute approximate surface area is 107 Å². The Balaban J connectivity index is 2.32. The minimum Gasteiger partial charge on any atom is -0.474 e. The van der Waals surface area contributed by atoms with Gasteiger partial charge in [0.2, 0.25) is 5.88 Å². The third kappa shape index (κ3) is 2.31. The van der Waals surface area contributed by atoms with Gasteiger partial charge in [-0.15, -0.1) is 0 Å². The number of aryl methyl sites for hydroxylation is 1. The van der Waals surface area contributed by atoms with E-state index in [1.165, 1.54) is 0 Å². The predicted molar refractivity (Wildman–Crippen MR) is 67.9 cm³/mol. The molecule has 1 unspecified atom stereocenters. The van der Waals surface area contributed by atoms with Crippen LogP contribution in [0.15, 0.2) is 12.3 Å². The van der Waals surface area contributed by atoms with Crippen LogP contribution in [0.3, 0.4) is 0 Å². The Morgan fingerprint density at radius 1 is 1.67 bits per heavy atom. The van der Waals surface area contributed by atoms with E-state index in [0.29, 0.717) is 25.5 Å². The second kappa shape index (κ2) is 5.35. The third-order valence-corrected chi connectivity index (χ3v) is 3.01. The van der Waals surface area contributed by atoms with E-state index in [-0.39, 0.29) is 5.91 Å². The molecule has 1 aliphatic rings. The second-order valence-corrected chi connectivity index (χ2v) is 4.31. The molecule has 18 heavy (non-hydrogen) atoms. The molecular weight excluding hydrogens is 232 g/mol. The van der Waals surface area contributed by atoms with E-state index in [2.05, 4.69) is 4.98 Å². The summed E-state index contributed by atoms with van der Waals surface area (Å²) in [4.78, 5) is 18.3. The van der Waals surface area contributed by atoms with Crippen molar-refractivity contribution in [2.24, 2.45) is 0 Å². The Kier molecular flexibility index (Phi) is 3.81. The largest absolute Gasteiger partial charge is 0.474 e. The Morgan fingerprint density at radius 3 is 3.11 bits per heavy atom. The van der Waals surface area contributed by atoms with Crippen molar-refractivity contribution in [3.63, 3.8) is 0 Å². The first kappa shape index (κ1) is 12.8. The number of hydrogen-bond acceptors (Lipinski definition) is 4. The summed E-state index contributed by atoms with van der Waals surface area (Å²) in [6.07, 6.45) is 1.98. The average Bonchev–Trinajstić information content (AvgIpc) is 2.39. The molecule has 1 amide bonds. The number of hydrogen-bond donors (Lipinski definition) is 0. The number of carbonyl (C=O) groups is 1. The number of aromatic nitrogens is 1. The Bertz CT molecular complexity index is 444. The number of pyridine rings is 1. The molecule has 5 heteroatoms. The Hall–Kier alpha value is -1.62. The molecule has 0 bridgehead atoms. The van der Waals surface area contributed by atoms with E-state index >= 15 is 0 Å². The molecule has 1 atom stereocenters. The zero-order chi connectivity index (χ0) is 13.1. The number of fused-ring (bicyclic) bond motifs is 1. The summed E-state index contributed by atoms with van der Waals surface area (Å²) in [5.74, 6) is 0.489. The van der Waals surface area contributed by atoms with Gasteiger partial charge >= 0.3 is 0 Å². The minimum atomic E-state index is -0.406. The highest BCUT2D eigenvalue weighted by Crippen LogP contribution is 2.30. The van der Waals surface area contributed by atoms with Gasteiger partial charge in [-0.2, -0.15) is 0 Å². The van der Waals surface area contributed by atoms with Gasteiger partial charge in [0.25, 0.3) is 5.91 Å². The molecule has 1 aliphatic heterocycles. The van der Waals surface area contributed by atoms with Crippen LogP contribution in [0.5, 0.6) is 5.88 Å². The third-order valence-electron chi connectivity index (χ3n) is 3.01. The number of carbonyl (C=O) groups excluding carboxylic acids is 1. The summed E-state index contributed by atoms with van der Waals surface area (Å²) in [6.45, 7) is 4.88. The smallest absolute Gasteiger partial charge is 0.256 e. The number of methoxy groups -OCH3 is 1. The molecule has 5 nitrogen and oxygen atoms in total. The summed E-state index contributed by atoms with van der Waals surface area (Å²) in [5.41, 5.74) is 1.74. The van der Waals surface area contributed by atoms with Gasteiger partial charge in [-0.3, -0.25) is 4.79 Å². The summed E-state index contributed by atoms with van der Waals surface area (Å²) < 4.78 is 10.7. The van der Waals surface area contributed by atoms with Gasteiger partial charge in [0.05, 0.1) is 6.54 Å². The molecular formula is C13H18N2O3. The molecule has 0 spiro atoms. The Morgan fingerprint density at radius 2 is 2.44 bits per heavy atom. The molecule has 1 aromatic rings. The van der Waals surface area contributed by atoms with Gasteiger partial charge in [-0.1, -0.05) is 6.92 Å². The molecule has 2 heterocycles. The maximum atomic E-state index is 12.4. The number of amides is 1. The van der Waals surface area contributed by atoms with Crippen molar-refractivity contribution in [1.82, 2.24) is 4.98 Å². The van der Waals surface area contributed by atoms with Crippen molar-refractivity contribution in [2.75, 3.05) is 25.2 Å². The van der Waals surface area contributed by atoms with Crippen molar-refractivity contribution >= 4 is 11.6 Å². The highest BCUT2D eigenvalue weighted by Gasteiger charge is 2.29. The van der Waals surface area contributed by atoms with Crippen LogP contribution in [0.25, 0.3) is 0 Å². The fourth-order valence-electron chi connectivity index (χ4n) is 2.04. The number of rotatable bonds is 3. The molecule has 0 saturated carbocycles. The van der Waals surface area contributed by atoms with Crippen molar-refractivity contribution in [2.45, 2.75) is 26.4 Å². The second-order valence-electron chi connectivity index (χ2n) is 4.31. The van der Waals surface area contributed by atoms with Crippen LogP contribution in [0.1, 0.15) is 18.9 Å². The zero-order valence-corrected chi connectivity index (χ0v) is 11.0. The predicted octanol–water partition coefficient (Wildman–Crippen LogP) is 1.54. The van der Waals surface area contributed by atoms with E-state index in [1.54, 1.807) is 18.2 Å². The van der Waals surface area contributed by atoms with Gasteiger partial charge in [0, 0.05) is 13.3 Å². The fraction of sp³-hybridized carbons (Fsp3) is 0.538. The molecule has 0 aromatic carbocycles. The van der Waals surface area contributed by atoms with Crippen molar-refractivity contribution < 1.29 is 14.3 Å². The molecule has 0 aliphatic carbocycles. The topological polar surface area (TPSA) is 51.7 Å². The lowest BCUT2D eigenvalue weighted by Crippen LogP contribution is -2.44. The summed E-state index contributed by atoms with van der Waals surface area (Å²) in [5, 5.41) is 0. The van der Waals surface area contributed by atoms with Crippen LogP contribution < -0.4 is 9.64 Å². The molecule has 2 rings (SSSR count). The van der Waals surface area contributed by atoms with E-state index in [0.717, 1.165) is 11.3 Å². The van der Waals surface area contributed by atoms with E-state index < -0.39 is 6.10 Å². The monoisotopic (exact) mass is 250 g/mol. The lowest BCUT2D eigenvalue weighted by molar-refractivity contribution is -0.128. The maximum Gasteiger partial charge on any atom is 0.256 e. The molecule has 1 aromatic heterocycles. The summed E-state index contributed by atoms with van der Waals surface area (Å²) in [6, 6.07) is 1.92. The SMILES string of the molecule is CCC(OC)C(=O)N1CCOc2ncc(C)cc21. The van der Waals surface area contributed by atoms with E-state index in [1.807, 2.05) is 19.9 Å². The van der Waals surface area contributed by atoms with Gasteiger partial charge in [0.1, 0.15) is 18.4 Å². The normalized spacial score (nSPS) is 15.8. The van der Waals surface area contributed by atoms with E-state index in [9.17, 15) is 4.79 Å². The maximum absolute atomic E-state index is 12.4. The molecule has 0 radical (unpaired) electrons. The van der Waals surface area contributed by atoms with E-state index in [4.69, 9.17) is 9.47 Å². The first-order valence-corrected chi connectivity index (χ1v) is 6.11.